The normalized spacial score (nSPS) is 31.3. The Morgan fingerprint density at radius 2 is 2.21 bits per heavy atom. The van der Waals surface area contributed by atoms with E-state index in [9.17, 15) is 4.39 Å². The molecule has 3 fully saturated rings. The lowest BCUT2D eigenvalue weighted by Crippen LogP contribution is -2.38. The monoisotopic (exact) mass is 336 g/mol. The second kappa shape index (κ2) is 6.94. The molecule has 0 radical (unpaired) electrons. The molecule has 0 N–H and O–H groups in total. The van der Waals surface area contributed by atoms with Gasteiger partial charge in [0.15, 0.2) is 5.82 Å². The molecule has 5 nitrogen and oxygen atoms in total. The van der Waals surface area contributed by atoms with Crippen LogP contribution in [-0.4, -0.2) is 62.6 Å². The first-order valence-corrected chi connectivity index (χ1v) is 8.86. The molecule has 0 unspecified atom stereocenters. The van der Waals surface area contributed by atoms with E-state index in [-0.39, 0.29) is 11.3 Å². The summed E-state index contributed by atoms with van der Waals surface area (Å²) in [5, 5.41) is 0. The molecule has 0 bridgehead atoms. The van der Waals surface area contributed by atoms with Crippen molar-refractivity contribution in [3.8, 4) is 5.88 Å². The maximum Gasteiger partial charge on any atom is 0.250 e. The van der Waals surface area contributed by atoms with Crippen molar-refractivity contribution in [3.63, 3.8) is 0 Å². The summed E-state index contributed by atoms with van der Waals surface area (Å²) in [5.41, 5.74) is -0.0326. The largest absolute Gasteiger partial charge is 0.475 e. The molecule has 132 valence electrons. The maximum absolute atomic E-state index is 13.7. The number of aromatic nitrogens is 1. The summed E-state index contributed by atoms with van der Waals surface area (Å²) in [7, 11) is 0. The van der Waals surface area contributed by atoms with Crippen LogP contribution in [0, 0.1) is 23.1 Å². The van der Waals surface area contributed by atoms with E-state index >= 15 is 0 Å². The highest BCUT2D eigenvalue weighted by Crippen LogP contribution is 2.42. The lowest BCUT2D eigenvalue weighted by Gasteiger charge is -2.29. The molecular formula is C18H25FN2O3. The Labute approximate surface area is 142 Å². The lowest BCUT2D eigenvalue weighted by atomic mass is 9.82. The van der Waals surface area contributed by atoms with Gasteiger partial charge in [-0.05, 0) is 30.9 Å². The SMILES string of the molecule is Fc1cccnc1OC[C@]12COC[C@H]1CN(CC1CCOCC1)C2. The van der Waals surface area contributed by atoms with Crippen LogP contribution in [0.3, 0.4) is 0 Å². The molecule has 0 aliphatic carbocycles. The van der Waals surface area contributed by atoms with E-state index in [0.717, 1.165) is 58.2 Å². The zero-order valence-electron chi connectivity index (χ0n) is 14.0. The highest BCUT2D eigenvalue weighted by atomic mass is 19.1. The minimum absolute atomic E-state index is 0.0326. The summed E-state index contributed by atoms with van der Waals surface area (Å²) >= 11 is 0. The van der Waals surface area contributed by atoms with Gasteiger partial charge in [-0.3, -0.25) is 0 Å². The second-order valence-corrected chi connectivity index (χ2v) is 7.40. The fraction of sp³-hybridized carbons (Fsp3) is 0.722. The number of rotatable bonds is 5. The summed E-state index contributed by atoms with van der Waals surface area (Å²) < 4.78 is 30.7. The van der Waals surface area contributed by atoms with E-state index in [1.54, 1.807) is 12.3 Å². The van der Waals surface area contributed by atoms with E-state index in [1.165, 1.54) is 6.07 Å². The number of nitrogens with zero attached hydrogens (tertiary/aromatic N) is 2. The van der Waals surface area contributed by atoms with Crippen LogP contribution in [-0.2, 0) is 9.47 Å². The van der Waals surface area contributed by atoms with Crippen LogP contribution in [0.4, 0.5) is 4.39 Å². The van der Waals surface area contributed by atoms with Crippen LogP contribution in [0.5, 0.6) is 5.88 Å². The molecule has 1 aromatic heterocycles. The Kier molecular flexibility index (Phi) is 4.70. The number of hydrogen-bond donors (Lipinski definition) is 0. The summed E-state index contributed by atoms with van der Waals surface area (Å²) in [6.45, 7) is 6.84. The van der Waals surface area contributed by atoms with E-state index in [1.807, 2.05) is 0 Å². The molecule has 0 spiro atoms. The number of likely N-dealkylation sites (tertiary alicyclic amines) is 1. The Morgan fingerprint density at radius 3 is 3.04 bits per heavy atom. The van der Waals surface area contributed by atoms with Crippen molar-refractivity contribution in [2.45, 2.75) is 12.8 Å². The Morgan fingerprint density at radius 1 is 1.33 bits per heavy atom. The van der Waals surface area contributed by atoms with Crippen LogP contribution >= 0.6 is 0 Å². The summed E-state index contributed by atoms with van der Waals surface area (Å²) in [6, 6.07) is 2.96. The van der Waals surface area contributed by atoms with Crippen LogP contribution in [0.1, 0.15) is 12.8 Å². The quantitative estimate of drug-likeness (QED) is 0.823. The Balaban J connectivity index is 1.38. The van der Waals surface area contributed by atoms with Gasteiger partial charge in [-0.25, -0.2) is 9.37 Å². The average molecular weight is 336 g/mol. The van der Waals surface area contributed by atoms with Gasteiger partial charge in [0.1, 0.15) is 0 Å². The van der Waals surface area contributed by atoms with E-state index in [4.69, 9.17) is 14.2 Å². The zero-order chi connectivity index (χ0) is 16.4. The molecule has 3 aliphatic heterocycles. The minimum atomic E-state index is -0.401. The van der Waals surface area contributed by atoms with Gasteiger partial charge in [0.2, 0.25) is 5.88 Å². The van der Waals surface area contributed by atoms with Gasteiger partial charge in [-0.15, -0.1) is 0 Å². The third-order valence-corrected chi connectivity index (χ3v) is 5.67. The fourth-order valence-corrected chi connectivity index (χ4v) is 4.27. The van der Waals surface area contributed by atoms with Gasteiger partial charge < -0.3 is 19.1 Å². The predicted octanol–water partition coefficient (Wildman–Crippen LogP) is 1.97. The fourth-order valence-electron chi connectivity index (χ4n) is 4.27. The van der Waals surface area contributed by atoms with Gasteiger partial charge in [0.25, 0.3) is 0 Å². The molecule has 4 rings (SSSR count). The molecule has 0 aromatic carbocycles. The third kappa shape index (κ3) is 3.27. The third-order valence-electron chi connectivity index (χ3n) is 5.67. The van der Waals surface area contributed by atoms with Crippen molar-refractivity contribution in [1.29, 1.82) is 0 Å². The van der Waals surface area contributed by atoms with Crippen molar-refractivity contribution in [3.05, 3.63) is 24.1 Å². The highest BCUT2D eigenvalue weighted by molar-refractivity contribution is 5.13. The second-order valence-electron chi connectivity index (χ2n) is 7.40. The van der Waals surface area contributed by atoms with E-state index < -0.39 is 5.82 Å². The first kappa shape index (κ1) is 16.2. The molecular weight excluding hydrogens is 311 g/mol. The zero-order valence-corrected chi connectivity index (χ0v) is 14.0. The number of hydrogen-bond acceptors (Lipinski definition) is 5. The van der Waals surface area contributed by atoms with E-state index in [2.05, 4.69) is 9.88 Å². The van der Waals surface area contributed by atoms with Crippen molar-refractivity contribution >= 4 is 0 Å². The average Bonchev–Trinajstić information content (AvgIpc) is 3.12. The molecule has 1 aromatic rings. The van der Waals surface area contributed by atoms with Gasteiger partial charge in [0.05, 0.1) is 19.8 Å². The number of fused-ring (bicyclic) bond motifs is 1. The van der Waals surface area contributed by atoms with Gasteiger partial charge in [-0.2, -0.15) is 0 Å². The van der Waals surface area contributed by atoms with Crippen molar-refractivity contribution < 1.29 is 18.6 Å². The molecule has 2 atom stereocenters. The van der Waals surface area contributed by atoms with Crippen LogP contribution in [0.15, 0.2) is 18.3 Å². The van der Waals surface area contributed by atoms with Crippen molar-refractivity contribution in [1.82, 2.24) is 9.88 Å². The van der Waals surface area contributed by atoms with Gasteiger partial charge in [-0.1, -0.05) is 0 Å². The first-order chi connectivity index (χ1) is 11.8. The molecule has 4 heterocycles. The van der Waals surface area contributed by atoms with Crippen molar-refractivity contribution in [2.24, 2.45) is 17.3 Å². The number of ether oxygens (including phenoxy) is 3. The number of pyridine rings is 1. The van der Waals surface area contributed by atoms with Crippen LogP contribution < -0.4 is 4.74 Å². The smallest absolute Gasteiger partial charge is 0.250 e. The standard InChI is InChI=1S/C18H25FN2O3/c19-16-2-1-5-20-17(16)24-13-18-11-21(9-15(18)10-23-12-18)8-14-3-6-22-7-4-14/h1-2,5,14-15H,3-4,6-13H2/t15-,18+/m1/s1. The lowest BCUT2D eigenvalue weighted by molar-refractivity contribution is 0.0467. The van der Waals surface area contributed by atoms with Gasteiger partial charge >= 0.3 is 0 Å². The molecule has 24 heavy (non-hydrogen) atoms. The van der Waals surface area contributed by atoms with Gasteiger partial charge in [0, 0.05) is 50.4 Å². The molecule has 3 aliphatic rings. The summed E-state index contributed by atoms with van der Waals surface area (Å²) in [4.78, 5) is 6.54. The Hall–Kier alpha value is -1.24. The summed E-state index contributed by atoms with van der Waals surface area (Å²) in [5.74, 6) is 0.885. The molecule has 0 saturated carbocycles. The van der Waals surface area contributed by atoms with Crippen molar-refractivity contribution in [2.75, 3.05) is 52.7 Å². The predicted molar refractivity (Wildman–Crippen MR) is 86.4 cm³/mol. The molecule has 3 saturated heterocycles. The molecule has 0 amide bonds. The Bertz CT molecular complexity index is 567. The maximum atomic E-state index is 13.7. The topological polar surface area (TPSA) is 43.8 Å². The van der Waals surface area contributed by atoms with E-state index in [0.29, 0.717) is 19.1 Å². The number of halogens is 1. The molecule has 6 heteroatoms. The van der Waals surface area contributed by atoms with Crippen LogP contribution in [0.2, 0.25) is 0 Å². The first-order valence-electron chi connectivity index (χ1n) is 8.86. The highest BCUT2D eigenvalue weighted by Gasteiger charge is 2.51. The van der Waals surface area contributed by atoms with Crippen LogP contribution in [0.25, 0.3) is 0 Å². The summed E-state index contributed by atoms with van der Waals surface area (Å²) in [6.07, 6.45) is 3.87. The minimum Gasteiger partial charge on any atom is -0.475 e.